The Kier molecular flexibility index (Phi) is 60.0. The molecule has 0 fully saturated rings. The summed E-state index contributed by atoms with van der Waals surface area (Å²) in [6.45, 7) is 9.50. The summed E-state index contributed by atoms with van der Waals surface area (Å²) < 4.78 is 0. The van der Waals surface area contributed by atoms with Gasteiger partial charge in [0.25, 0.3) is 0 Å². The van der Waals surface area contributed by atoms with Crippen LogP contribution in [0.4, 0.5) is 0 Å². The number of hydrogen-bond donors (Lipinski definition) is 0. The molecule has 0 aliphatic carbocycles. The van der Waals surface area contributed by atoms with Crippen LogP contribution >= 0.6 is 12.4 Å². The van der Waals surface area contributed by atoms with E-state index >= 15 is 0 Å². The van der Waals surface area contributed by atoms with Gasteiger partial charge in [-0.25, -0.2) is 0 Å². The van der Waals surface area contributed by atoms with Gasteiger partial charge in [0.1, 0.15) is 0 Å². The second kappa shape index (κ2) is 32.0. The fourth-order valence-electron chi connectivity index (χ4n) is 0.342. The summed E-state index contributed by atoms with van der Waals surface area (Å²) in [4.78, 5) is 0. The molecule has 1 aromatic rings. The minimum atomic E-state index is 0. The van der Waals surface area contributed by atoms with Crippen LogP contribution in [-0.2, 0) is 20.4 Å². The fourth-order valence-corrected chi connectivity index (χ4v) is 0.342. The van der Waals surface area contributed by atoms with E-state index in [9.17, 15) is 0 Å². The summed E-state index contributed by atoms with van der Waals surface area (Å²) >= 11 is 0. The summed E-state index contributed by atoms with van der Waals surface area (Å²) in [7, 11) is 0. The quantitative estimate of drug-likeness (QED) is 0.536. The average Bonchev–Trinajstić information content (AvgIpc) is 2.14. The molecule has 2 nitrogen and oxygen atoms in total. The molecule has 0 radical (unpaired) electrons. The molecule has 4 heteroatoms. The predicted octanol–water partition coefficient (Wildman–Crippen LogP) is 2.10. The van der Waals surface area contributed by atoms with E-state index in [1.54, 1.807) is 0 Å². The van der Waals surface area contributed by atoms with Crippen LogP contribution in [0.2, 0.25) is 0 Å². The van der Waals surface area contributed by atoms with Gasteiger partial charge in [-0.05, 0) is 0 Å². The number of rotatable bonds is 0. The number of nitrogens with zero attached hydrogens (tertiary/aromatic N) is 2. The van der Waals surface area contributed by atoms with E-state index in [1.807, 2.05) is 30.3 Å². The van der Waals surface area contributed by atoms with Gasteiger partial charge in [0, 0.05) is 20.4 Å². The van der Waals surface area contributed by atoms with Crippen molar-refractivity contribution in [2.75, 3.05) is 0 Å². The van der Waals surface area contributed by atoms with Gasteiger partial charge in [-0.3, -0.25) is 0 Å². The van der Waals surface area contributed by atoms with Crippen molar-refractivity contribution in [3.8, 4) is 0 Å². The van der Waals surface area contributed by atoms with Gasteiger partial charge >= 0.3 is 0 Å². The molecule has 0 amide bonds. The Morgan fingerprint density at radius 1 is 0.833 bits per heavy atom. The molecule has 0 aliphatic rings. The Bertz CT molecular complexity index is 141. The van der Waals surface area contributed by atoms with Gasteiger partial charge in [0.15, 0.2) is 0 Å². The van der Waals surface area contributed by atoms with Crippen molar-refractivity contribution in [2.45, 2.75) is 0 Å². The van der Waals surface area contributed by atoms with Gasteiger partial charge < -0.3 is 23.7 Å². The first-order valence-electron chi connectivity index (χ1n) is 2.36. The molecule has 0 N–H and O–H groups in total. The molecule has 0 saturated heterocycles. The Morgan fingerprint density at radius 3 is 1.25 bits per heavy atom. The molecule has 1 rings (SSSR count). The van der Waals surface area contributed by atoms with Crippen LogP contribution in [0.3, 0.4) is 0 Å². The van der Waals surface area contributed by atoms with Crippen LogP contribution in [0.25, 0.3) is 0 Å². The Morgan fingerprint density at radius 2 is 1.17 bits per heavy atom. The third-order valence-electron chi connectivity index (χ3n) is 0.607. The first-order chi connectivity index (χ1) is 5.00. The molecule has 68 valence electrons. The van der Waals surface area contributed by atoms with E-state index in [1.165, 1.54) is 0 Å². The maximum atomic E-state index is 6.25. The molecule has 0 saturated carbocycles. The average molecular weight is 272 g/mol. The zero-order chi connectivity index (χ0) is 8.24. The zero-order valence-electron chi connectivity index (χ0n) is 6.01. The van der Waals surface area contributed by atoms with Gasteiger partial charge in [0.2, 0.25) is 0 Å². The smallest absolute Gasteiger partial charge is 0 e. The minimum Gasteiger partial charge on any atom is -0.512 e. The minimum absolute atomic E-state index is 0. The van der Waals surface area contributed by atoms with Crippen LogP contribution < -0.4 is 0 Å². The van der Waals surface area contributed by atoms with Crippen molar-refractivity contribution in [2.24, 2.45) is 0 Å². The predicted molar refractivity (Wildman–Crippen MR) is 42.5 cm³/mol. The molecule has 0 spiro atoms. The Balaban J connectivity index is -0.0000000480. The maximum Gasteiger partial charge on any atom is 0 e. The van der Waals surface area contributed by atoms with Gasteiger partial charge in [0.05, 0.1) is 0 Å². The largest absolute Gasteiger partial charge is 0.512 e. The van der Waals surface area contributed by atoms with Gasteiger partial charge in [-0.15, -0.1) is 12.4 Å². The molecule has 0 atom stereocenters. The van der Waals surface area contributed by atoms with E-state index in [2.05, 4.69) is 6.07 Å². The Labute approximate surface area is 92.9 Å². The molecule has 0 unspecified atom stereocenters. The van der Waals surface area contributed by atoms with Crippen molar-refractivity contribution in [3.63, 3.8) is 0 Å². The molecule has 0 bridgehead atoms. The Hall–Kier alpha value is -0.848. The zero-order valence-corrected chi connectivity index (χ0v) is 8.38. The second-order valence-corrected chi connectivity index (χ2v) is 1.08. The van der Waals surface area contributed by atoms with Crippen molar-refractivity contribution in [3.05, 3.63) is 49.5 Å². The summed E-state index contributed by atoms with van der Waals surface area (Å²) in [5.74, 6) is 0. The molecule has 0 heterocycles. The third kappa shape index (κ3) is 22.9. The number of hydrogen-bond acceptors (Lipinski definition) is 2. The molecule has 0 aromatic heterocycles. The van der Waals surface area contributed by atoms with E-state index in [0.29, 0.717) is 0 Å². The van der Waals surface area contributed by atoms with E-state index < -0.39 is 0 Å². The normalized spacial score (nSPS) is 4.33. The third-order valence-corrected chi connectivity index (χ3v) is 0.607. The molecule has 12 heavy (non-hydrogen) atoms. The summed E-state index contributed by atoms with van der Waals surface area (Å²) in [5.41, 5.74) is 0. The van der Waals surface area contributed by atoms with Crippen LogP contribution in [-0.4, -0.2) is 0 Å². The summed E-state index contributed by atoms with van der Waals surface area (Å²) in [6, 6.07) is 12.5. The van der Waals surface area contributed by atoms with Crippen LogP contribution in [0.15, 0.2) is 30.3 Å². The van der Waals surface area contributed by atoms with Crippen LogP contribution in [0.5, 0.6) is 0 Å². The van der Waals surface area contributed by atoms with Gasteiger partial charge in [-0.1, -0.05) is 0 Å². The van der Waals surface area contributed by atoms with Crippen LogP contribution in [0.1, 0.15) is 0 Å². The van der Waals surface area contributed by atoms with Crippen LogP contribution in [0, 0.1) is 29.7 Å². The van der Waals surface area contributed by atoms with E-state index in [4.69, 9.17) is 23.7 Å². The molecular formula is C8H6ClN2Pd-3. The van der Waals surface area contributed by atoms with Crippen molar-refractivity contribution in [1.29, 1.82) is 10.5 Å². The van der Waals surface area contributed by atoms with Gasteiger partial charge in [-0.2, -0.15) is 36.4 Å². The first kappa shape index (κ1) is 22.5. The summed E-state index contributed by atoms with van der Waals surface area (Å²) in [5, 5.41) is 12.5. The topological polar surface area (TPSA) is 47.6 Å². The SMILES string of the molecule is Cl.[C-]#N.[C-]#N.[Pd].[c-]1ccccc1. The monoisotopic (exact) mass is 271 g/mol. The number of benzene rings is 1. The van der Waals surface area contributed by atoms with Crippen molar-refractivity contribution >= 4 is 12.4 Å². The van der Waals surface area contributed by atoms with E-state index in [-0.39, 0.29) is 32.8 Å². The fraction of sp³-hybridized carbons (Fsp3) is 0. The molecular weight excluding hydrogens is 266 g/mol. The standard InChI is InChI=1S/C6H5.2CN.ClH.Pd/c1-2-4-6-5-3-1;2*1-2;;/h1-5H;;;1H;/q3*-1;;. The second-order valence-electron chi connectivity index (χ2n) is 1.08. The number of halogens is 1. The summed E-state index contributed by atoms with van der Waals surface area (Å²) in [6.07, 6.45) is 0. The van der Waals surface area contributed by atoms with Crippen molar-refractivity contribution < 1.29 is 20.4 Å². The van der Waals surface area contributed by atoms with Crippen molar-refractivity contribution in [1.82, 2.24) is 0 Å². The molecule has 0 aliphatic heterocycles. The maximum absolute atomic E-state index is 6.25. The molecule has 1 aromatic carbocycles. The van der Waals surface area contributed by atoms with E-state index in [0.717, 1.165) is 0 Å². The first-order valence-corrected chi connectivity index (χ1v) is 2.36.